The van der Waals surface area contributed by atoms with E-state index in [1.54, 1.807) is 37.4 Å². The number of hydrogen-bond donors (Lipinski definition) is 2. The predicted octanol–water partition coefficient (Wildman–Crippen LogP) is 4.44. The fraction of sp³-hybridized carbons (Fsp3) is 0.105. The number of rotatable bonds is 5. The molecule has 0 aliphatic carbocycles. The molecule has 0 radical (unpaired) electrons. The van der Waals surface area contributed by atoms with E-state index < -0.39 is 0 Å². The molecule has 1 amide bonds. The third-order valence-corrected chi connectivity index (χ3v) is 4.08. The van der Waals surface area contributed by atoms with Crippen LogP contribution < -0.4 is 15.4 Å². The van der Waals surface area contributed by atoms with Crippen molar-refractivity contribution in [3.63, 3.8) is 0 Å². The van der Waals surface area contributed by atoms with E-state index in [1.165, 1.54) is 12.4 Å². The Bertz CT molecular complexity index is 929. The number of anilines is 3. The van der Waals surface area contributed by atoms with Gasteiger partial charge in [0.2, 0.25) is 5.95 Å². The molecule has 6 nitrogen and oxygen atoms in total. The average molecular weight is 369 g/mol. The molecule has 3 rings (SSSR count). The Balaban J connectivity index is 1.68. The Morgan fingerprint density at radius 1 is 1.08 bits per heavy atom. The van der Waals surface area contributed by atoms with Crippen molar-refractivity contribution in [1.82, 2.24) is 9.97 Å². The number of nitrogens with one attached hydrogen (secondary N) is 2. The lowest BCUT2D eigenvalue weighted by Crippen LogP contribution is -2.13. The van der Waals surface area contributed by atoms with Crippen LogP contribution in [0.4, 0.5) is 17.3 Å². The highest BCUT2D eigenvalue weighted by Gasteiger charge is 2.09. The first-order valence-corrected chi connectivity index (χ1v) is 8.23. The summed E-state index contributed by atoms with van der Waals surface area (Å²) in [6, 6.07) is 12.7. The van der Waals surface area contributed by atoms with Gasteiger partial charge in [0, 0.05) is 34.9 Å². The van der Waals surface area contributed by atoms with Crippen LogP contribution in [0.25, 0.3) is 0 Å². The van der Waals surface area contributed by atoms with E-state index in [0.29, 0.717) is 28.0 Å². The van der Waals surface area contributed by atoms with Crippen LogP contribution in [0.5, 0.6) is 5.75 Å². The molecule has 3 aromatic rings. The minimum Gasteiger partial charge on any atom is -0.497 e. The fourth-order valence-electron chi connectivity index (χ4n) is 2.21. The molecule has 2 N–H and O–H groups in total. The van der Waals surface area contributed by atoms with Crippen molar-refractivity contribution in [2.45, 2.75) is 6.92 Å². The summed E-state index contributed by atoms with van der Waals surface area (Å²) in [4.78, 5) is 20.6. The minimum absolute atomic E-state index is 0.303. The Labute approximate surface area is 156 Å². The van der Waals surface area contributed by atoms with Crippen molar-refractivity contribution in [1.29, 1.82) is 0 Å². The van der Waals surface area contributed by atoms with Gasteiger partial charge in [0.25, 0.3) is 5.91 Å². The summed E-state index contributed by atoms with van der Waals surface area (Å²) in [6.07, 6.45) is 2.92. The predicted molar refractivity (Wildman–Crippen MR) is 102 cm³/mol. The third-order valence-electron chi connectivity index (χ3n) is 3.67. The highest BCUT2D eigenvalue weighted by molar-refractivity contribution is 6.31. The first-order valence-electron chi connectivity index (χ1n) is 7.86. The SMILES string of the molecule is COc1cccc(NC(=O)c2cnc(Nc3ccc(C)c(Cl)c3)nc2)c1. The van der Waals surface area contributed by atoms with Gasteiger partial charge in [-0.2, -0.15) is 0 Å². The maximum absolute atomic E-state index is 12.3. The van der Waals surface area contributed by atoms with Gasteiger partial charge in [-0.25, -0.2) is 9.97 Å². The van der Waals surface area contributed by atoms with E-state index in [1.807, 2.05) is 19.1 Å². The summed E-state index contributed by atoms with van der Waals surface area (Å²) < 4.78 is 5.14. The summed E-state index contributed by atoms with van der Waals surface area (Å²) in [5.74, 6) is 0.737. The van der Waals surface area contributed by atoms with Crippen molar-refractivity contribution in [3.8, 4) is 5.75 Å². The van der Waals surface area contributed by atoms with E-state index in [-0.39, 0.29) is 5.91 Å². The molecular weight excluding hydrogens is 352 g/mol. The molecule has 132 valence electrons. The molecule has 7 heteroatoms. The van der Waals surface area contributed by atoms with Crippen LogP contribution >= 0.6 is 11.6 Å². The second-order valence-corrected chi connectivity index (χ2v) is 5.98. The number of carbonyl (C=O) groups excluding carboxylic acids is 1. The Morgan fingerprint density at radius 3 is 2.54 bits per heavy atom. The van der Waals surface area contributed by atoms with Gasteiger partial charge in [-0.3, -0.25) is 4.79 Å². The van der Waals surface area contributed by atoms with Gasteiger partial charge in [0.05, 0.1) is 12.7 Å². The zero-order chi connectivity index (χ0) is 18.5. The number of hydrogen-bond acceptors (Lipinski definition) is 5. The second-order valence-electron chi connectivity index (χ2n) is 5.57. The van der Waals surface area contributed by atoms with Gasteiger partial charge in [-0.05, 0) is 36.8 Å². The zero-order valence-corrected chi connectivity index (χ0v) is 15.0. The van der Waals surface area contributed by atoms with Gasteiger partial charge in [0.1, 0.15) is 5.75 Å². The Hall–Kier alpha value is -3.12. The van der Waals surface area contributed by atoms with E-state index >= 15 is 0 Å². The largest absolute Gasteiger partial charge is 0.497 e. The number of nitrogens with zero attached hydrogens (tertiary/aromatic N) is 2. The molecule has 1 heterocycles. The molecule has 0 fully saturated rings. The normalized spacial score (nSPS) is 10.3. The molecule has 0 saturated carbocycles. The number of benzene rings is 2. The number of aromatic nitrogens is 2. The first kappa shape index (κ1) is 17.7. The number of aryl methyl sites for hydroxylation is 1. The lowest BCUT2D eigenvalue weighted by Gasteiger charge is -2.08. The van der Waals surface area contributed by atoms with Crippen LogP contribution in [0.3, 0.4) is 0 Å². The summed E-state index contributed by atoms with van der Waals surface area (Å²) in [6.45, 7) is 1.93. The lowest BCUT2D eigenvalue weighted by atomic mass is 10.2. The summed E-state index contributed by atoms with van der Waals surface area (Å²) >= 11 is 6.10. The molecule has 0 aliphatic heterocycles. The molecule has 0 aliphatic rings. The van der Waals surface area contributed by atoms with Crippen molar-refractivity contribution < 1.29 is 9.53 Å². The standard InChI is InChI=1S/C19H17ClN4O2/c1-12-6-7-15(9-17(12)20)24-19-21-10-13(11-22-19)18(25)23-14-4-3-5-16(8-14)26-2/h3-11H,1-2H3,(H,23,25)(H,21,22,24). The van der Waals surface area contributed by atoms with E-state index in [0.717, 1.165) is 11.3 Å². The molecule has 0 saturated heterocycles. The van der Waals surface area contributed by atoms with Crippen molar-refractivity contribution in [3.05, 3.63) is 71.0 Å². The smallest absolute Gasteiger partial charge is 0.258 e. The van der Waals surface area contributed by atoms with Gasteiger partial charge < -0.3 is 15.4 Å². The lowest BCUT2D eigenvalue weighted by molar-refractivity contribution is 0.102. The highest BCUT2D eigenvalue weighted by atomic mass is 35.5. The Kier molecular flexibility index (Phi) is 5.34. The van der Waals surface area contributed by atoms with E-state index in [9.17, 15) is 4.79 Å². The minimum atomic E-state index is -0.303. The van der Waals surface area contributed by atoms with Crippen LogP contribution in [-0.4, -0.2) is 23.0 Å². The number of methoxy groups -OCH3 is 1. The molecule has 1 aromatic heterocycles. The highest BCUT2D eigenvalue weighted by Crippen LogP contribution is 2.22. The summed E-state index contributed by atoms with van der Waals surface area (Å²) in [5.41, 5.74) is 2.74. The third kappa shape index (κ3) is 4.29. The van der Waals surface area contributed by atoms with Crippen LogP contribution in [-0.2, 0) is 0 Å². The molecule has 2 aromatic carbocycles. The van der Waals surface area contributed by atoms with Crippen molar-refractivity contribution >= 4 is 34.8 Å². The quantitative estimate of drug-likeness (QED) is 0.696. The first-order chi connectivity index (χ1) is 12.5. The summed E-state index contributed by atoms with van der Waals surface area (Å²) in [5, 5.41) is 6.48. The van der Waals surface area contributed by atoms with E-state index in [4.69, 9.17) is 16.3 Å². The van der Waals surface area contributed by atoms with E-state index in [2.05, 4.69) is 20.6 Å². The molecule has 0 unspecified atom stereocenters. The van der Waals surface area contributed by atoms with Gasteiger partial charge in [-0.15, -0.1) is 0 Å². The number of carbonyl (C=O) groups is 1. The van der Waals surface area contributed by atoms with Gasteiger partial charge >= 0.3 is 0 Å². The van der Waals surface area contributed by atoms with Crippen LogP contribution in [0.1, 0.15) is 15.9 Å². The fourth-order valence-corrected chi connectivity index (χ4v) is 2.39. The Morgan fingerprint density at radius 2 is 1.85 bits per heavy atom. The van der Waals surface area contributed by atoms with Crippen LogP contribution in [0, 0.1) is 6.92 Å². The molecule has 0 atom stereocenters. The molecule has 26 heavy (non-hydrogen) atoms. The zero-order valence-electron chi connectivity index (χ0n) is 14.3. The second kappa shape index (κ2) is 7.84. The van der Waals surface area contributed by atoms with Crippen LogP contribution in [0.15, 0.2) is 54.9 Å². The maximum atomic E-state index is 12.3. The molecule has 0 bridgehead atoms. The topological polar surface area (TPSA) is 76.1 Å². The van der Waals surface area contributed by atoms with Crippen molar-refractivity contribution in [2.75, 3.05) is 17.7 Å². The molecular formula is C19H17ClN4O2. The van der Waals surface area contributed by atoms with Crippen molar-refractivity contribution in [2.24, 2.45) is 0 Å². The van der Waals surface area contributed by atoms with Gasteiger partial charge in [-0.1, -0.05) is 23.7 Å². The summed E-state index contributed by atoms with van der Waals surface area (Å²) in [7, 11) is 1.57. The maximum Gasteiger partial charge on any atom is 0.258 e. The average Bonchev–Trinajstić information content (AvgIpc) is 2.65. The number of halogens is 1. The monoisotopic (exact) mass is 368 g/mol. The number of amides is 1. The van der Waals surface area contributed by atoms with Gasteiger partial charge in [0.15, 0.2) is 0 Å². The van der Waals surface area contributed by atoms with Crippen LogP contribution in [0.2, 0.25) is 5.02 Å². The molecule has 0 spiro atoms. The number of ether oxygens (including phenoxy) is 1.